The molecule has 0 aromatic carbocycles. The summed E-state index contributed by atoms with van der Waals surface area (Å²) in [5, 5.41) is 0. The van der Waals surface area contributed by atoms with Crippen molar-refractivity contribution in [3.63, 3.8) is 0 Å². The van der Waals surface area contributed by atoms with Gasteiger partial charge in [-0.2, -0.15) is 0 Å². The third-order valence-electron chi connectivity index (χ3n) is 5.19. The zero-order valence-electron chi connectivity index (χ0n) is 23.0. The highest BCUT2D eigenvalue weighted by molar-refractivity contribution is 8.76. The molecule has 0 bridgehead atoms. The Bertz CT molecular complexity index is 366. The fraction of sp³-hybridized carbons (Fsp3) is 1.00. The van der Waals surface area contributed by atoms with E-state index in [-0.39, 0.29) is 0 Å². The average Bonchev–Trinajstić information content (AvgIpc) is 2.80. The second-order valence-electron chi connectivity index (χ2n) is 7.94. The van der Waals surface area contributed by atoms with Crippen LogP contribution in [0, 0.1) is 0 Å². The van der Waals surface area contributed by atoms with Gasteiger partial charge in [-0.1, -0.05) is 47.3 Å². The minimum atomic E-state index is -2.45. The van der Waals surface area contributed by atoms with E-state index in [9.17, 15) is 0 Å². The largest absolute Gasteiger partial charge is 0.500 e. The first-order valence-electron chi connectivity index (χ1n) is 13.7. The van der Waals surface area contributed by atoms with E-state index in [0.717, 1.165) is 24.9 Å². The van der Waals surface area contributed by atoms with Gasteiger partial charge in [-0.15, -0.1) is 0 Å². The Morgan fingerprint density at radius 2 is 0.647 bits per heavy atom. The van der Waals surface area contributed by atoms with Crippen molar-refractivity contribution in [2.75, 3.05) is 51.1 Å². The lowest BCUT2D eigenvalue weighted by atomic mass is 10.2. The molecule has 206 valence electrons. The summed E-state index contributed by atoms with van der Waals surface area (Å²) in [5.41, 5.74) is 0. The Labute approximate surface area is 221 Å². The number of hydrogen-bond donors (Lipinski definition) is 0. The van der Waals surface area contributed by atoms with Crippen molar-refractivity contribution in [1.82, 2.24) is 0 Å². The van der Waals surface area contributed by atoms with Gasteiger partial charge in [-0.25, -0.2) is 0 Å². The van der Waals surface area contributed by atoms with Gasteiger partial charge >= 0.3 is 17.6 Å². The summed E-state index contributed by atoms with van der Waals surface area (Å²) in [5.74, 6) is 2.47. The topological polar surface area (TPSA) is 55.4 Å². The van der Waals surface area contributed by atoms with Gasteiger partial charge in [0.05, 0.1) is 0 Å². The molecule has 6 nitrogen and oxygen atoms in total. The Hall–Kier alpha value is 0.894. The Balaban J connectivity index is 3.75. The second kappa shape index (κ2) is 24.2. The molecule has 0 fully saturated rings. The summed E-state index contributed by atoms with van der Waals surface area (Å²) >= 11 is 0. The van der Waals surface area contributed by atoms with Crippen LogP contribution in [0.1, 0.15) is 92.9 Å². The van der Waals surface area contributed by atoms with E-state index in [1.165, 1.54) is 50.0 Å². The van der Waals surface area contributed by atoms with Crippen LogP contribution in [0.2, 0.25) is 12.1 Å². The molecule has 0 aliphatic carbocycles. The summed E-state index contributed by atoms with van der Waals surface area (Å²) < 4.78 is 35.6. The van der Waals surface area contributed by atoms with Crippen LogP contribution in [0.15, 0.2) is 0 Å². The fourth-order valence-electron chi connectivity index (χ4n) is 3.83. The molecule has 0 spiro atoms. The molecule has 0 atom stereocenters. The van der Waals surface area contributed by atoms with Crippen LogP contribution < -0.4 is 0 Å². The average molecular weight is 559 g/mol. The lowest BCUT2D eigenvalue weighted by Crippen LogP contribution is -2.45. The number of hydrogen-bond acceptors (Lipinski definition) is 8. The van der Waals surface area contributed by atoms with Crippen LogP contribution in [0.5, 0.6) is 0 Å². The molecule has 0 radical (unpaired) electrons. The third-order valence-corrected chi connectivity index (χ3v) is 14.1. The van der Waals surface area contributed by atoms with Crippen LogP contribution in [-0.2, 0) is 26.6 Å². The predicted molar refractivity (Wildman–Crippen MR) is 153 cm³/mol. The molecular formula is C24H54O6S2Si2. The Morgan fingerprint density at radius 3 is 0.912 bits per heavy atom. The molecule has 0 saturated heterocycles. The van der Waals surface area contributed by atoms with Gasteiger partial charge in [-0.05, 0) is 67.2 Å². The Morgan fingerprint density at radius 1 is 0.382 bits per heavy atom. The van der Waals surface area contributed by atoms with Crippen molar-refractivity contribution in [3.05, 3.63) is 0 Å². The minimum Gasteiger partial charge on any atom is -0.374 e. The van der Waals surface area contributed by atoms with Crippen LogP contribution in [-0.4, -0.2) is 68.8 Å². The molecule has 0 aliphatic rings. The van der Waals surface area contributed by atoms with E-state index < -0.39 is 17.6 Å². The molecule has 0 N–H and O–H groups in total. The van der Waals surface area contributed by atoms with E-state index in [4.69, 9.17) is 26.6 Å². The molecule has 0 rings (SSSR count). The number of unbranched alkanes of at least 4 members (excludes halogenated alkanes) is 6. The van der Waals surface area contributed by atoms with Crippen LogP contribution in [0.3, 0.4) is 0 Å². The maximum absolute atomic E-state index is 5.94. The lowest BCUT2D eigenvalue weighted by molar-refractivity contribution is 0.0698. The highest BCUT2D eigenvalue weighted by Crippen LogP contribution is 2.26. The van der Waals surface area contributed by atoms with Crippen molar-refractivity contribution >= 4 is 39.2 Å². The summed E-state index contributed by atoms with van der Waals surface area (Å²) in [6, 6.07) is 1.88. The smallest absolute Gasteiger partial charge is 0.374 e. The monoisotopic (exact) mass is 558 g/mol. The minimum absolute atomic E-state index is 0.663. The predicted octanol–water partition coefficient (Wildman–Crippen LogP) is 7.59. The molecule has 0 saturated carbocycles. The van der Waals surface area contributed by atoms with Crippen LogP contribution >= 0.6 is 21.6 Å². The van der Waals surface area contributed by atoms with Crippen molar-refractivity contribution in [3.8, 4) is 0 Å². The van der Waals surface area contributed by atoms with Crippen molar-refractivity contribution < 1.29 is 26.6 Å². The standard InChI is InChI=1S/C24H54O6S2Si2/c1-7-25-33(26-8-2,27-9-3)23-19-15-13-17-21-31-32-22-18-14-16-20-24-34(28-10-4,29-11-5)30-12-6/h7-24H2,1-6H3. The van der Waals surface area contributed by atoms with Gasteiger partial charge < -0.3 is 26.6 Å². The summed E-state index contributed by atoms with van der Waals surface area (Å²) in [6.07, 6.45) is 9.81. The van der Waals surface area contributed by atoms with E-state index >= 15 is 0 Å². The molecular weight excluding hydrogens is 505 g/mol. The molecule has 0 aliphatic heterocycles. The molecule has 0 aromatic rings. The zero-order valence-corrected chi connectivity index (χ0v) is 26.6. The van der Waals surface area contributed by atoms with E-state index in [1.807, 2.05) is 63.1 Å². The van der Waals surface area contributed by atoms with Crippen LogP contribution in [0.4, 0.5) is 0 Å². The molecule has 0 heterocycles. The van der Waals surface area contributed by atoms with Crippen molar-refractivity contribution in [1.29, 1.82) is 0 Å². The third kappa shape index (κ3) is 17.4. The van der Waals surface area contributed by atoms with Gasteiger partial charge in [0.15, 0.2) is 0 Å². The van der Waals surface area contributed by atoms with E-state index in [1.54, 1.807) is 0 Å². The molecule has 10 heteroatoms. The highest BCUT2D eigenvalue weighted by atomic mass is 33.1. The quantitative estimate of drug-likeness (QED) is 0.0581. The van der Waals surface area contributed by atoms with Gasteiger partial charge in [-0.3, -0.25) is 0 Å². The molecule has 0 unspecified atom stereocenters. The van der Waals surface area contributed by atoms with E-state index in [2.05, 4.69) is 0 Å². The second-order valence-corrected chi connectivity index (χ2v) is 16.1. The normalized spacial score (nSPS) is 12.5. The molecule has 34 heavy (non-hydrogen) atoms. The zero-order chi connectivity index (χ0) is 25.4. The Kier molecular flexibility index (Phi) is 24.9. The summed E-state index contributed by atoms with van der Waals surface area (Å²) in [7, 11) is -0.840. The molecule has 0 aromatic heterocycles. The highest BCUT2D eigenvalue weighted by Gasteiger charge is 2.40. The fourth-order valence-corrected chi connectivity index (χ4v) is 11.5. The maximum Gasteiger partial charge on any atom is 0.500 e. The molecule has 0 amide bonds. The van der Waals surface area contributed by atoms with Gasteiger partial charge in [0.25, 0.3) is 0 Å². The number of rotatable bonds is 27. The van der Waals surface area contributed by atoms with Crippen LogP contribution in [0.25, 0.3) is 0 Å². The first kappa shape index (κ1) is 34.9. The SMILES string of the molecule is CCO[Si](CCCCCCSSCCCCCC[Si](OCC)(OCC)OCC)(OCC)OCC. The lowest BCUT2D eigenvalue weighted by Gasteiger charge is -2.28. The van der Waals surface area contributed by atoms with Gasteiger partial charge in [0, 0.05) is 63.2 Å². The van der Waals surface area contributed by atoms with E-state index in [0.29, 0.717) is 39.6 Å². The van der Waals surface area contributed by atoms with Crippen molar-refractivity contribution in [2.24, 2.45) is 0 Å². The first-order chi connectivity index (χ1) is 16.6. The maximum atomic E-state index is 5.94. The first-order valence-corrected chi connectivity index (χ1v) is 20.0. The summed E-state index contributed by atoms with van der Waals surface area (Å²) in [4.78, 5) is 0. The van der Waals surface area contributed by atoms with Gasteiger partial charge in [0.2, 0.25) is 0 Å². The summed E-state index contributed by atoms with van der Waals surface area (Å²) in [6.45, 7) is 16.1. The van der Waals surface area contributed by atoms with Crippen molar-refractivity contribution in [2.45, 2.75) is 105 Å². The van der Waals surface area contributed by atoms with Gasteiger partial charge in [0.1, 0.15) is 0 Å².